The highest BCUT2D eigenvalue weighted by Gasteiger charge is 2.22. The molecule has 16 heavy (non-hydrogen) atoms. The van der Waals surface area contributed by atoms with Crippen LogP contribution in [0.2, 0.25) is 0 Å². The normalized spacial score (nSPS) is 19.3. The van der Waals surface area contributed by atoms with Gasteiger partial charge >= 0.3 is 0 Å². The van der Waals surface area contributed by atoms with Crippen LogP contribution in [-0.4, -0.2) is 5.11 Å². The number of aliphatic hydroxyl groups is 1. The van der Waals surface area contributed by atoms with Gasteiger partial charge in [-0.05, 0) is 41.4 Å². The molecule has 0 bridgehead atoms. The summed E-state index contributed by atoms with van der Waals surface area (Å²) in [6, 6.07) is 8.17. The van der Waals surface area contributed by atoms with Gasteiger partial charge in [0.1, 0.15) is 0 Å². The van der Waals surface area contributed by atoms with E-state index in [2.05, 4.69) is 32.1 Å². The molecule has 1 aromatic carbocycles. The van der Waals surface area contributed by atoms with Crippen molar-refractivity contribution in [2.24, 2.45) is 5.41 Å². The zero-order valence-electron chi connectivity index (χ0n) is 10.2. The van der Waals surface area contributed by atoms with Crippen molar-refractivity contribution in [3.8, 4) is 0 Å². The van der Waals surface area contributed by atoms with E-state index in [-0.39, 0.29) is 6.61 Å². The highest BCUT2D eigenvalue weighted by molar-refractivity contribution is 5.69. The fourth-order valence-electron chi connectivity index (χ4n) is 2.29. The number of hydrogen-bond acceptors (Lipinski definition) is 1. The molecule has 0 unspecified atom stereocenters. The maximum Gasteiger partial charge on any atom is 0.0687 e. The second-order valence-corrected chi connectivity index (χ2v) is 5.41. The first-order chi connectivity index (χ1) is 7.62. The van der Waals surface area contributed by atoms with Crippen LogP contribution in [0.5, 0.6) is 0 Å². The second kappa shape index (κ2) is 4.42. The van der Waals surface area contributed by atoms with Crippen molar-refractivity contribution in [2.45, 2.75) is 39.7 Å². The molecule has 0 heterocycles. The van der Waals surface area contributed by atoms with Crippen molar-refractivity contribution in [1.29, 1.82) is 0 Å². The Hall–Kier alpha value is -1.08. The predicted molar refractivity (Wildman–Crippen MR) is 68.0 cm³/mol. The second-order valence-electron chi connectivity index (χ2n) is 5.41. The van der Waals surface area contributed by atoms with Gasteiger partial charge < -0.3 is 5.11 Å². The van der Waals surface area contributed by atoms with Gasteiger partial charge in [-0.1, -0.05) is 44.2 Å². The molecule has 0 spiro atoms. The van der Waals surface area contributed by atoms with E-state index < -0.39 is 0 Å². The molecule has 0 fully saturated rings. The lowest BCUT2D eigenvalue weighted by Gasteiger charge is -2.29. The molecule has 2 rings (SSSR count). The van der Waals surface area contributed by atoms with E-state index in [4.69, 9.17) is 0 Å². The van der Waals surface area contributed by atoms with Gasteiger partial charge in [0.2, 0.25) is 0 Å². The van der Waals surface area contributed by atoms with Crippen molar-refractivity contribution in [1.82, 2.24) is 0 Å². The lowest BCUT2D eigenvalue weighted by atomic mass is 9.76. The minimum atomic E-state index is 0.136. The van der Waals surface area contributed by atoms with Gasteiger partial charge in [0.15, 0.2) is 0 Å². The summed E-state index contributed by atoms with van der Waals surface area (Å²) in [5.41, 5.74) is 4.13. The molecule has 1 N–H and O–H groups in total. The van der Waals surface area contributed by atoms with E-state index in [0.29, 0.717) is 5.41 Å². The summed E-state index contributed by atoms with van der Waals surface area (Å²) < 4.78 is 0. The third kappa shape index (κ3) is 2.35. The number of benzene rings is 1. The van der Waals surface area contributed by atoms with E-state index in [1.807, 2.05) is 12.1 Å². The lowest BCUT2D eigenvalue weighted by molar-refractivity contribution is 0.281. The molecule has 1 nitrogen and oxygen atoms in total. The molecule has 0 saturated heterocycles. The fraction of sp³-hybridized carbons (Fsp3) is 0.467. The average Bonchev–Trinajstić information content (AvgIpc) is 2.29. The molecule has 0 radical (unpaired) electrons. The molecule has 0 saturated carbocycles. The Morgan fingerprint density at radius 2 is 2.00 bits per heavy atom. The van der Waals surface area contributed by atoms with Crippen molar-refractivity contribution in [2.75, 3.05) is 0 Å². The van der Waals surface area contributed by atoms with Gasteiger partial charge in [-0.15, -0.1) is 0 Å². The largest absolute Gasteiger partial charge is 0.392 e. The zero-order chi connectivity index (χ0) is 11.6. The van der Waals surface area contributed by atoms with Crippen LogP contribution in [0.1, 0.15) is 44.2 Å². The topological polar surface area (TPSA) is 20.2 Å². The van der Waals surface area contributed by atoms with Crippen LogP contribution in [0.4, 0.5) is 0 Å². The van der Waals surface area contributed by atoms with E-state index in [1.54, 1.807) is 0 Å². The minimum absolute atomic E-state index is 0.136. The van der Waals surface area contributed by atoms with Crippen molar-refractivity contribution < 1.29 is 5.11 Å². The Bertz CT molecular complexity index is 402. The molecule has 0 amide bonds. The third-order valence-corrected chi connectivity index (χ3v) is 3.51. The molecule has 1 aliphatic rings. The first kappa shape index (κ1) is 11.4. The average molecular weight is 216 g/mol. The molecule has 0 aromatic heterocycles. The number of hydrogen-bond donors (Lipinski definition) is 1. The number of aliphatic hydroxyl groups excluding tert-OH is 1. The van der Waals surface area contributed by atoms with Crippen LogP contribution in [0, 0.1) is 5.41 Å². The number of rotatable bonds is 2. The molecule has 1 aliphatic carbocycles. The van der Waals surface area contributed by atoms with Crippen molar-refractivity contribution >= 4 is 5.57 Å². The van der Waals surface area contributed by atoms with Crippen LogP contribution in [0.25, 0.3) is 5.57 Å². The van der Waals surface area contributed by atoms with Crippen LogP contribution in [0.3, 0.4) is 0 Å². The minimum Gasteiger partial charge on any atom is -0.392 e. The predicted octanol–water partition coefficient (Wildman–Crippen LogP) is 3.77. The highest BCUT2D eigenvalue weighted by Crippen LogP contribution is 2.38. The van der Waals surface area contributed by atoms with Crippen LogP contribution >= 0.6 is 0 Å². The van der Waals surface area contributed by atoms with E-state index in [0.717, 1.165) is 18.4 Å². The molecule has 1 aromatic rings. The summed E-state index contributed by atoms with van der Waals surface area (Å²) in [6.45, 7) is 4.77. The van der Waals surface area contributed by atoms with Crippen LogP contribution in [0.15, 0.2) is 30.3 Å². The first-order valence-corrected chi connectivity index (χ1v) is 6.00. The Labute approximate surface area is 97.8 Å². The van der Waals surface area contributed by atoms with Gasteiger partial charge in [0.25, 0.3) is 0 Å². The SMILES string of the molecule is CC1(C)CC=C(c2ccccc2CO)CC1. The number of allylic oxidation sites excluding steroid dienone is 2. The first-order valence-electron chi connectivity index (χ1n) is 6.00. The maximum atomic E-state index is 9.32. The smallest absolute Gasteiger partial charge is 0.0687 e. The third-order valence-electron chi connectivity index (χ3n) is 3.51. The summed E-state index contributed by atoms with van der Waals surface area (Å²) >= 11 is 0. The molecule has 0 aliphatic heterocycles. The van der Waals surface area contributed by atoms with Gasteiger partial charge in [-0.3, -0.25) is 0 Å². The Balaban J connectivity index is 2.29. The lowest BCUT2D eigenvalue weighted by Crippen LogP contribution is -2.14. The highest BCUT2D eigenvalue weighted by atomic mass is 16.3. The Morgan fingerprint density at radius 3 is 2.62 bits per heavy atom. The van der Waals surface area contributed by atoms with E-state index in [1.165, 1.54) is 17.6 Å². The summed E-state index contributed by atoms with van der Waals surface area (Å²) in [5.74, 6) is 0. The van der Waals surface area contributed by atoms with Gasteiger partial charge in [-0.2, -0.15) is 0 Å². The fourth-order valence-corrected chi connectivity index (χ4v) is 2.29. The van der Waals surface area contributed by atoms with Crippen molar-refractivity contribution in [3.05, 3.63) is 41.5 Å². The summed E-state index contributed by atoms with van der Waals surface area (Å²) in [5, 5.41) is 9.32. The zero-order valence-corrected chi connectivity index (χ0v) is 10.2. The summed E-state index contributed by atoms with van der Waals surface area (Å²) in [6.07, 6.45) is 5.85. The van der Waals surface area contributed by atoms with Gasteiger partial charge in [0.05, 0.1) is 6.61 Å². The van der Waals surface area contributed by atoms with Crippen LogP contribution < -0.4 is 0 Å². The van der Waals surface area contributed by atoms with Gasteiger partial charge in [0, 0.05) is 0 Å². The maximum absolute atomic E-state index is 9.32. The van der Waals surface area contributed by atoms with Gasteiger partial charge in [-0.25, -0.2) is 0 Å². The molecular formula is C15H20O. The summed E-state index contributed by atoms with van der Waals surface area (Å²) in [4.78, 5) is 0. The molecule has 0 atom stereocenters. The Kier molecular flexibility index (Phi) is 3.15. The van der Waals surface area contributed by atoms with E-state index >= 15 is 0 Å². The standard InChI is InChI=1S/C15H20O/c1-15(2)9-7-12(8-10-15)14-6-4-3-5-13(14)11-16/h3-7,16H,8-11H2,1-2H3. The molecule has 86 valence electrons. The quantitative estimate of drug-likeness (QED) is 0.797. The summed E-state index contributed by atoms with van der Waals surface area (Å²) in [7, 11) is 0. The van der Waals surface area contributed by atoms with Crippen LogP contribution in [-0.2, 0) is 6.61 Å². The molecule has 1 heteroatoms. The van der Waals surface area contributed by atoms with E-state index in [9.17, 15) is 5.11 Å². The monoisotopic (exact) mass is 216 g/mol. The Morgan fingerprint density at radius 1 is 1.25 bits per heavy atom. The van der Waals surface area contributed by atoms with Crippen molar-refractivity contribution in [3.63, 3.8) is 0 Å². The molecular weight excluding hydrogens is 196 g/mol.